The summed E-state index contributed by atoms with van der Waals surface area (Å²) in [6.45, 7) is 3.12. The largest absolute Gasteiger partial charge is 0.457 e. The van der Waals surface area contributed by atoms with Crippen LogP contribution < -0.4 is 0 Å². The van der Waals surface area contributed by atoms with E-state index in [-0.39, 0.29) is 12.8 Å². The number of hydrogen-bond donors (Lipinski definition) is 0. The minimum Gasteiger partial charge on any atom is -0.457 e. The fourth-order valence-electron chi connectivity index (χ4n) is 2.21. The van der Waals surface area contributed by atoms with Gasteiger partial charge in [-0.05, 0) is 25.0 Å². The van der Waals surface area contributed by atoms with E-state index in [0.29, 0.717) is 0 Å². The van der Waals surface area contributed by atoms with Crippen LogP contribution in [0.5, 0.6) is 0 Å². The van der Waals surface area contributed by atoms with Crippen LogP contribution in [0.25, 0.3) is 0 Å². The highest BCUT2D eigenvalue weighted by Gasteiger charge is 2.12. The molecule has 2 rings (SSSR count). The maximum Gasteiger partial charge on any atom is 0.310 e. The van der Waals surface area contributed by atoms with Crippen molar-refractivity contribution in [1.82, 2.24) is 0 Å². The second kappa shape index (κ2) is 9.51. The van der Waals surface area contributed by atoms with E-state index in [1.807, 2.05) is 62.4 Å². The third kappa shape index (κ3) is 6.89. The number of aryl methyl sites for hydroxylation is 2. The molecule has 0 N–H and O–H groups in total. The molecular weight excluding hydrogens is 332 g/mol. The summed E-state index contributed by atoms with van der Waals surface area (Å²) < 4.78 is 9.84. The summed E-state index contributed by atoms with van der Waals surface area (Å²) in [5.41, 5.74) is 3.84. The van der Waals surface area contributed by atoms with Crippen molar-refractivity contribution in [2.45, 2.75) is 26.7 Å². The lowest BCUT2D eigenvalue weighted by atomic mass is 10.1. The quantitative estimate of drug-likeness (QED) is 0.682. The van der Waals surface area contributed by atoms with Gasteiger partial charge in [0.1, 0.15) is 0 Å². The predicted molar refractivity (Wildman–Crippen MR) is 96.7 cm³/mol. The number of ether oxygens (including phenoxy) is 2. The first-order valence-corrected chi connectivity index (χ1v) is 8.36. The van der Waals surface area contributed by atoms with Crippen LogP contribution in [-0.2, 0) is 36.7 Å². The summed E-state index contributed by atoms with van der Waals surface area (Å²) in [5.74, 6) is -1.44. The molecule has 0 saturated carbocycles. The minimum atomic E-state index is -0.492. The molecule has 2 aromatic carbocycles. The Balaban J connectivity index is 1.66. The van der Waals surface area contributed by atoms with Crippen LogP contribution in [-0.4, -0.2) is 30.9 Å². The number of hydrogen-bond acceptors (Lipinski definition) is 5. The van der Waals surface area contributed by atoms with Crippen molar-refractivity contribution in [3.63, 3.8) is 0 Å². The van der Waals surface area contributed by atoms with Crippen molar-refractivity contribution >= 4 is 17.7 Å². The summed E-state index contributed by atoms with van der Waals surface area (Å²) in [6.07, 6.45) is 0.196. The monoisotopic (exact) mass is 354 g/mol. The smallest absolute Gasteiger partial charge is 0.310 e. The first-order chi connectivity index (χ1) is 12.4. The van der Waals surface area contributed by atoms with Crippen molar-refractivity contribution in [2.75, 3.05) is 13.2 Å². The molecule has 0 aromatic heterocycles. The summed E-state index contributed by atoms with van der Waals surface area (Å²) in [7, 11) is 0. The van der Waals surface area contributed by atoms with Gasteiger partial charge < -0.3 is 9.47 Å². The van der Waals surface area contributed by atoms with E-state index in [0.717, 1.165) is 22.3 Å². The van der Waals surface area contributed by atoms with Crippen molar-refractivity contribution in [3.8, 4) is 0 Å². The molecule has 0 fully saturated rings. The van der Waals surface area contributed by atoms with Gasteiger partial charge in [0.25, 0.3) is 0 Å². The Morgan fingerprint density at radius 3 is 1.35 bits per heavy atom. The van der Waals surface area contributed by atoms with Crippen molar-refractivity contribution in [3.05, 3.63) is 70.8 Å². The van der Waals surface area contributed by atoms with Crippen molar-refractivity contribution in [1.29, 1.82) is 0 Å². The van der Waals surface area contributed by atoms with Gasteiger partial charge in [0.15, 0.2) is 13.2 Å². The molecule has 136 valence electrons. The van der Waals surface area contributed by atoms with E-state index in [9.17, 15) is 14.4 Å². The lowest BCUT2D eigenvalue weighted by Crippen LogP contribution is -2.21. The highest BCUT2D eigenvalue weighted by molar-refractivity contribution is 5.85. The Morgan fingerprint density at radius 2 is 1.00 bits per heavy atom. The molecule has 0 amide bonds. The van der Waals surface area contributed by atoms with Crippen molar-refractivity contribution < 1.29 is 23.9 Å². The average Bonchev–Trinajstić information content (AvgIpc) is 2.62. The van der Waals surface area contributed by atoms with E-state index in [4.69, 9.17) is 9.47 Å². The van der Waals surface area contributed by atoms with Gasteiger partial charge in [-0.2, -0.15) is 0 Å². The normalized spacial score (nSPS) is 10.2. The van der Waals surface area contributed by atoms with E-state index < -0.39 is 30.9 Å². The number of carbonyl (C=O) groups excluding carboxylic acids is 3. The Morgan fingerprint density at radius 1 is 0.654 bits per heavy atom. The molecule has 0 aliphatic heterocycles. The Bertz CT molecular complexity index is 694. The highest BCUT2D eigenvalue weighted by atomic mass is 16.6. The SMILES string of the molecule is Cc1ccc(CC(=O)OCC(=O)COC(=O)Cc2ccc(C)cc2)cc1. The van der Waals surface area contributed by atoms with Crippen LogP contribution in [0.15, 0.2) is 48.5 Å². The molecule has 0 radical (unpaired) electrons. The molecule has 5 heteroatoms. The number of esters is 2. The van der Waals surface area contributed by atoms with Crippen LogP contribution in [0.3, 0.4) is 0 Å². The van der Waals surface area contributed by atoms with Crippen LogP contribution >= 0.6 is 0 Å². The van der Waals surface area contributed by atoms with Gasteiger partial charge in [-0.15, -0.1) is 0 Å². The molecule has 0 saturated heterocycles. The van der Waals surface area contributed by atoms with E-state index >= 15 is 0 Å². The lowest BCUT2D eigenvalue weighted by Gasteiger charge is -2.06. The second-order valence-corrected chi connectivity index (χ2v) is 6.18. The van der Waals surface area contributed by atoms with E-state index in [1.165, 1.54) is 0 Å². The Labute approximate surface area is 152 Å². The number of Topliss-reactive ketones (excluding diaryl/α,β-unsaturated/α-hetero) is 1. The molecule has 0 aliphatic rings. The van der Waals surface area contributed by atoms with Crippen LogP contribution in [0, 0.1) is 13.8 Å². The van der Waals surface area contributed by atoms with Gasteiger partial charge in [-0.25, -0.2) is 0 Å². The molecule has 0 aliphatic carbocycles. The van der Waals surface area contributed by atoms with Gasteiger partial charge in [0.05, 0.1) is 12.8 Å². The molecule has 0 spiro atoms. The fraction of sp³-hybridized carbons (Fsp3) is 0.286. The number of ketones is 1. The molecule has 5 nitrogen and oxygen atoms in total. The molecule has 0 heterocycles. The van der Waals surface area contributed by atoms with Gasteiger partial charge >= 0.3 is 11.9 Å². The maximum atomic E-state index is 11.7. The van der Waals surface area contributed by atoms with Gasteiger partial charge in [0.2, 0.25) is 5.78 Å². The van der Waals surface area contributed by atoms with Gasteiger partial charge in [-0.3, -0.25) is 14.4 Å². The van der Waals surface area contributed by atoms with Gasteiger partial charge in [0, 0.05) is 0 Å². The zero-order chi connectivity index (χ0) is 18.9. The molecular formula is C21H22O5. The second-order valence-electron chi connectivity index (χ2n) is 6.18. The number of carbonyl (C=O) groups is 3. The van der Waals surface area contributed by atoms with E-state index in [2.05, 4.69) is 0 Å². The van der Waals surface area contributed by atoms with Crippen LogP contribution in [0.1, 0.15) is 22.3 Å². The van der Waals surface area contributed by atoms with Gasteiger partial charge in [-0.1, -0.05) is 59.7 Å². The summed E-state index contributed by atoms with van der Waals surface area (Å²) in [5, 5.41) is 0. The zero-order valence-corrected chi connectivity index (χ0v) is 15.0. The molecule has 2 aromatic rings. The maximum absolute atomic E-state index is 11.7. The summed E-state index contributed by atoms with van der Waals surface area (Å²) in [6, 6.07) is 15.0. The van der Waals surface area contributed by atoms with Crippen LogP contribution in [0.4, 0.5) is 0 Å². The predicted octanol–water partition coefficient (Wildman–Crippen LogP) is 2.74. The standard InChI is InChI=1S/C21H22O5/c1-15-3-7-17(8-4-15)11-20(23)25-13-19(22)14-26-21(24)12-18-9-5-16(2)6-10-18/h3-10H,11-14H2,1-2H3. The topological polar surface area (TPSA) is 69.7 Å². The fourth-order valence-corrected chi connectivity index (χ4v) is 2.21. The Hall–Kier alpha value is -2.95. The summed E-state index contributed by atoms with van der Waals surface area (Å²) >= 11 is 0. The Kier molecular flexibility index (Phi) is 7.09. The van der Waals surface area contributed by atoms with Crippen LogP contribution in [0.2, 0.25) is 0 Å². The number of benzene rings is 2. The molecule has 0 atom stereocenters. The third-order valence-corrected chi connectivity index (χ3v) is 3.73. The lowest BCUT2D eigenvalue weighted by molar-refractivity contribution is -0.152. The highest BCUT2D eigenvalue weighted by Crippen LogP contribution is 2.06. The summed E-state index contributed by atoms with van der Waals surface area (Å²) in [4.78, 5) is 35.1. The van der Waals surface area contributed by atoms with Crippen molar-refractivity contribution in [2.24, 2.45) is 0 Å². The van der Waals surface area contributed by atoms with E-state index in [1.54, 1.807) is 0 Å². The molecule has 0 bridgehead atoms. The molecule has 0 unspecified atom stereocenters. The first kappa shape index (κ1) is 19.4. The first-order valence-electron chi connectivity index (χ1n) is 8.36. The minimum absolute atomic E-state index is 0.0980. The zero-order valence-electron chi connectivity index (χ0n) is 15.0. The third-order valence-electron chi connectivity index (χ3n) is 3.73. The number of rotatable bonds is 8. The average molecular weight is 354 g/mol. The molecule has 26 heavy (non-hydrogen) atoms.